The van der Waals surface area contributed by atoms with Gasteiger partial charge in [0.25, 0.3) is 0 Å². The molecule has 1 aliphatic rings. The Morgan fingerprint density at radius 1 is 1.21 bits per heavy atom. The van der Waals surface area contributed by atoms with Crippen LogP contribution in [0.1, 0.15) is 51.9 Å². The standard InChI is InChI=1S/C12H25NO/c1-2-11-7-3-4-8-12(11)14-10-6-5-9-13/h11-12H,2-10,13H2,1H3. The van der Waals surface area contributed by atoms with E-state index in [0.29, 0.717) is 6.10 Å². The van der Waals surface area contributed by atoms with Crippen LogP contribution in [0, 0.1) is 5.92 Å². The second kappa shape index (κ2) is 7.24. The fraction of sp³-hybridized carbons (Fsp3) is 1.00. The lowest BCUT2D eigenvalue weighted by Gasteiger charge is -2.30. The van der Waals surface area contributed by atoms with Gasteiger partial charge in [-0.1, -0.05) is 26.2 Å². The topological polar surface area (TPSA) is 35.2 Å². The van der Waals surface area contributed by atoms with Crippen LogP contribution < -0.4 is 5.73 Å². The first-order chi connectivity index (χ1) is 6.88. The summed E-state index contributed by atoms with van der Waals surface area (Å²) in [7, 11) is 0. The molecule has 0 spiro atoms. The second-order valence-electron chi connectivity index (χ2n) is 4.36. The van der Waals surface area contributed by atoms with Crippen molar-refractivity contribution in [3.63, 3.8) is 0 Å². The first-order valence-electron chi connectivity index (χ1n) is 6.20. The summed E-state index contributed by atoms with van der Waals surface area (Å²) in [5.41, 5.74) is 5.45. The minimum absolute atomic E-state index is 0.548. The molecule has 0 radical (unpaired) electrons. The van der Waals surface area contributed by atoms with Crippen LogP contribution in [0.25, 0.3) is 0 Å². The van der Waals surface area contributed by atoms with E-state index in [1.54, 1.807) is 0 Å². The summed E-state index contributed by atoms with van der Waals surface area (Å²) in [4.78, 5) is 0. The first kappa shape index (κ1) is 12.0. The second-order valence-corrected chi connectivity index (χ2v) is 4.36. The van der Waals surface area contributed by atoms with Crippen molar-refractivity contribution in [2.24, 2.45) is 11.7 Å². The van der Waals surface area contributed by atoms with Crippen molar-refractivity contribution in [1.29, 1.82) is 0 Å². The van der Waals surface area contributed by atoms with Crippen molar-refractivity contribution in [1.82, 2.24) is 0 Å². The highest BCUT2D eigenvalue weighted by Crippen LogP contribution is 2.29. The zero-order chi connectivity index (χ0) is 10.2. The molecule has 0 bridgehead atoms. The maximum absolute atomic E-state index is 5.93. The van der Waals surface area contributed by atoms with Crippen LogP contribution in [0.15, 0.2) is 0 Å². The summed E-state index contributed by atoms with van der Waals surface area (Å²) in [5.74, 6) is 0.821. The van der Waals surface area contributed by atoms with Gasteiger partial charge in [-0.25, -0.2) is 0 Å². The van der Waals surface area contributed by atoms with Crippen LogP contribution in [0.3, 0.4) is 0 Å². The van der Waals surface area contributed by atoms with E-state index < -0.39 is 0 Å². The van der Waals surface area contributed by atoms with E-state index >= 15 is 0 Å². The number of unbranched alkanes of at least 4 members (excludes halogenated alkanes) is 1. The fourth-order valence-corrected chi connectivity index (χ4v) is 2.34. The van der Waals surface area contributed by atoms with Gasteiger partial charge in [-0.3, -0.25) is 0 Å². The molecule has 0 aromatic carbocycles. The molecule has 1 fully saturated rings. The molecule has 1 saturated carbocycles. The zero-order valence-corrected chi connectivity index (χ0v) is 9.50. The molecular formula is C12H25NO. The van der Waals surface area contributed by atoms with Crippen LogP contribution in [-0.4, -0.2) is 19.3 Å². The molecular weight excluding hydrogens is 174 g/mol. The molecule has 0 aliphatic heterocycles. The SMILES string of the molecule is CCC1CCCCC1OCCCCN. The van der Waals surface area contributed by atoms with Gasteiger partial charge in [0.1, 0.15) is 0 Å². The normalized spacial score (nSPS) is 27.9. The molecule has 1 aliphatic carbocycles. The highest BCUT2D eigenvalue weighted by Gasteiger charge is 2.23. The van der Waals surface area contributed by atoms with Crippen LogP contribution >= 0.6 is 0 Å². The highest BCUT2D eigenvalue weighted by molar-refractivity contribution is 4.74. The Hall–Kier alpha value is -0.0800. The predicted octanol–water partition coefficient (Wildman–Crippen LogP) is 2.71. The lowest BCUT2D eigenvalue weighted by Crippen LogP contribution is -2.27. The Labute approximate surface area is 88.2 Å². The van der Waals surface area contributed by atoms with Crippen LogP contribution in [0.2, 0.25) is 0 Å². The van der Waals surface area contributed by atoms with E-state index in [1.165, 1.54) is 32.1 Å². The molecule has 0 heterocycles. The predicted molar refractivity (Wildman–Crippen MR) is 60.3 cm³/mol. The molecule has 0 aromatic rings. The van der Waals surface area contributed by atoms with E-state index in [4.69, 9.17) is 10.5 Å². The molecule has 2 unspecified atom stereocenters. The summed E-state index contributed by atoms with van der Waals surface area (Å²) < 4.78 is 5.93. The molecule has 2 heteroatoms. The fourth-order valence-electron chi connectivity index (χ4n) is 2.34. The molecule has 0 amide bonds. The van der Waals surface area contributed by atoms with Crippen molar-refractivity contribution in [3.05, 3.63) is 0 Å². The quantitative estimate of drug-likeness (QED) is 0.668. The largest absolute Gasteiger partial charge is 0.378 e. The average molecular weight is 199 g/mol. The van der Waals surface area contributed by atoms with Gasteiger partial charge in [0.2, 0.25) is 0 Å². The Morgan fingerprint density at radius 3 is 2.71 bits per heavy atom. The maximum Gasteiger partial charge on any atom is 0.0603 e. The third kappa shape index (κ3) is 3.97. The summed E-state index contributed by atoms with van der Waals surface area (Å²) in [6.07, 6.45) is 9.47. The van der Waals surface area contributed by atoms with Crippen molar-refractivity contribution in [2.75, 3.05) is 13.2 Å². The molecule has 0 saturated heterocycles. The molecule has 14 heavy (non-hydrogen) atoms. The van der Waals surface area contributed by atoms with E-state index in [0.717, 1.165) is 31.9 Å². The highest BCUT2D eigenvalue weighted by atomic mass is 16.5. The Kier molecular flexibility index (Phi) is 6.20. The Morgan fingerprint density at radius 2 is 2.00 bits per heavy atom. The van der Waals surface area contributed by atoms with Crippen molar-refractivity contribution in [2.45, 2.75) is 58.0 Å². The van der Waals surface area contributed by atoms with E-state index in [1.807, 2.05) is 0 Å². The number of nitrogens with two attached hydrogens (primary N) is 1. The number of hydrogen-bond donors (Lipinski definition) is 1. The van der Waals surface area contributed by atoms with Gasteiger partial charge in [0.05, 0.1) is 6.10 Å². The molecule has 2 nitrogen and oxygen atoms in total. The third-order valence-electron chi connectivity index (χ3n) is 3.29. The van der Waals surface area contributed by atoms with E-state index in [-0.39, 0.29) is 0 Å². The van der Waals surface area contributed by atoms with Crippen molar-refractivity contribution in [3.8, 4) is 0 Å². The summed E-state index contributed by atoms with van der Waals surface area (Å²) in [6, 6.07) is 0. The molecule has 84 valence electrons. The zero-order valence-electron chi connectivity index (χ0n) is 9.50. The van der Waals surface area contributed by atoms with Gasteiger partial charge in [-0.2, -0.15) is 0 Å². The lowest BCUT2D eigenvalue weighted by molar-refractivity contribution is -0.0132. The molecule has 2 atom stereocenters. The third-order valence-corrected chi connectivity index (χ3v) is 3.29. The number of rotatable bonds is 6. The van der Waals surface area contributed by atoms with Crippen molar-refractivity contribution < 1.29 is 4.74 Å². The first-order valence-corrected chi connectivity index (χ1v) is 6.20. The molecule has 2 N–H and O–H groups in total. The Bertz CT molecular complexity index is 138. The summed E-state index contributed by atoms with van der Waals surface area (Å²) >= 11 is 0. The van der Waals surface area contributed by atoms with Gasteiger partial charge in [-0.05, 0) is 38.1 Å². The molecule has 1 rings (SSSR count). The van der Waals surface area contributed by atoms with Gasteiger partial charge < -0.3 is 10.5 Å². The minimum Gasteiger partial charge on any atom is -0.378 e. The van der Waals surface area contributed by atoms with Crippen LogP contribution in [0.4, 0.5) is 0 Å². The Balaban J connectivity index is 2.13. The number of hydrogen-bond acceptors (Lipinski definition) is 2. The van der Waals surface area contributed by atoms with Gasteiger partial charge in [0, 0.05) is 6.61 Å². The van der Waals surface area contributed by atoms with Gasteiger partial charge in [0.15, 0.2) is 0 Å². The van der Waals surface area contributed by atoms with Gasteiger partial charge >= 0.3 is 0 Å². The maximum atomic E-state index is 5.93. The lowest BCUT2D eigenvalue weighted by atomic mass is 9.85. The number of ether oxygens (including phenoxy) is 1. The summed E-state index contributed by atoms with van der Waals surface area (Å²) in [5, 5.41) is 0. The van der Waals surface area contributed by atoms with Crippen molar-refractivity contribution >= 4 is 0 Å². The smallest absolute Gasteiger partial charge is 0.0603 e. The minimum atomic E-state index is 0.548. The monoisotopic (exact) mass is 199 g/mol. The van der Waals surface area contributed by atoms with Crippen LogP contribution in [0.5, 0.6) is 0 Å². The van der Waals surface area contributed by atoms with E-state index in [2.05, 4.69) is 6.92 Å². The van der Waals surface area contributed by atoms with E-state index in [9.17, 15) is 0 Å². The average Bonchev–Trinajstić information content (AvgIpc) is 2.25. The van der Waals surface area contributed by atoms with Crippen LogP contribution in [-0.2, 0) is 4.74 Å². The molecule has 0 aromatic heterocycles. The van der Waals surface area contributed by atoms with Gasteiger partial charge in [-0.15, -0.1) is 0 Å². The summed E-state index contributed by atoms with van der Waals surface area (Å²) in [6.45, 7) is 4.00.